The van der Waals surface area contributed by atoms with E-state index in [9.17, 15) is 12.8 Å². The van der Waals surface area contributed by atoms with Crippen molar-refractivity contribution in [3.8, 4) is 0 Å². The quantitative estimate of drug-likeness (QED) is 0.774. The van der Waals surface area contributed by atoms with Gasteiger partial charge in [-0.05, 0) is 24.1 Å². The van der Waals surface area contributed by atoms with E-state index in [1.807, 2.05) is 0 Å². The second-order valence-electron chi connectivity index (χ2n) is 3.42. The molecule has 0 spiro atoms. The number of hydrogen-bond acceptors (Lipinski definition) is 2. The van der Waals surface area contributed by atoms with Crippen LogP contribution >= 0.6 is 0 Å². The molecule has 0 aromatic heterocycles. The Morgan fingerprint density at radius 2 is 2.00 bits per heavy atom. The molecule has 0 N–H and O–H groups in total. The Morgan fingerprint density at radius 1 is 1.36 bits per heavy atom. The Labute approximate surface area is 83.7 Å². The molecule has 0 aliphatic rings. The van der Waals surface area contributed by atoms with Crippen molar-refractivity contribution >= 4 is 9.84 Å². The normalized spacial score (nSPS) is 12.0. The molecule has 1 radical (unpaired) electrons. The van der Waals surface area contributed by atoms with E-state index in [0.717, 1.165) is 12.0 Å². The van der Waals surface area contributed by atoms with Gasteiger partial charge in [-0.2, -0.15) is 0 Å². The number of hydrogen-bond donors (Lipinski definition) is 0. The lowest BCUT2D eigenvalue weighted by Crippen LogP contribution is -2.10. The van der Waals surface area contributed by atoms with Gasteiger partial charge in [-0.25, -0.2) is 12.8 Å². The summed E-state index contributed by atoms with van der Waals surface area (Å²) < 4.78 is 36.0. The summed E-state index contributed by atoms with van der Waals surface area (Å²) in [6.45, 7) is 3.47. The average molecular weight is 215 g/mol. The van der Waals surface area contributed by atoms with Crippen LogP contribution in [-0.2, 0) is 9.84 Å². The van der Waals surface area contributed by atoms with Crippen LogP contribution in [0.2, 0.25) is 0 Å². The molecular weight excluding hydrogens is 203 g/mol. The van der Waals surface area contributed by atoms with Gasteiger partial charge in [0.2, 0.25) is 0 Å². The van der Waals surface area contributed by atoms with Crippen LogP contribution in [0, 0.1) is 11.7 Å². The van der Waals surface area contributed by atoms with Crippen LogP contribution in [0.25, 0.3) is 0 Å². The van der Waals surface area contributed by atoms with E-state index in [-0.39, 0.29) is 10.6 Å². The third-order valence-corrected chi connectivity index (χ3v) is 3.56. The summed E-state index contributed by atoms with van der Waals surface area (Å²) in [5.74, 6) is 0.227. The molecule has 1 aromatic rings. The monoisotopic (exact) mass is 215 g/mol. The first-order valence-electron chi connectivity index (χ1n) is 4.19. The van der Waals surface area contributed by atoms with Crippen molar-refractivity contribution in [2.24, 2.45) is 0 Å². The van der Waals surface area contributed by atoms with Crippen molar-refractivity contribution in [3.63, 3.8) is 0 Å². The van der Waals surface area contributed by atoms with E-state index in [2.05, 4.69) is 0 Å². The Kier molecular flexibility index (Phi) is 3.26. The first-order valence-corrected chi connectivity index (χ1v) is 5.84. The molecule has 0 fully saturated rings. The van der Waals surface area contributed by atoms with Crippen molar-refractivity contribution in [1.29, 1.82) is 0 Å². The van der Waals surface area contributed by atoms with Gasteiger partial charge in [0.1, 0.15) is 5.82 Å². The molecule has 0 heterocycles. The number of halogens is 1. The van der Waals surface area contributed by atoms with Crippen molar-refractivity contribution in [2.45, 2.75) is 18.7 Å². The van der Waals surface area contributed by atoms with Crippen LogP contribution in [0.4, 0.5) is 4.39 Å². The third kappa shape index (κ3) is 2.80. The lowest BCUT2D eigenvalue weighted by molar-refractivity contribution is 0.591. The topological polar surface area (TPSA) is 34.1 Å². The predicted molar refractivity (Wildman–Crippen MR) is 53.0 cm³/mol. The molecule has 14 heavy (non-hydrogen) atoms. The molecule has 1 aromatic carbocycles. The Morgan fingerprint density at radius 3 is 2.50 bits per heavy atom. The smallest absolute Gasteiger partial charge is 0.179 e. The average Bonchev–Trinajstić information content (AvgIpc) is 2.01. The summed E-state index contributed by atoms with van der Waals surface area (Å²) in [5, 5.41) is 0. The van der Waals surface area contributed by atoms with Crippen LogP contribution in [0.5, 0.6) is 0 Å². The van der Waals surface area contributed by atoms with Crippen molar-refractivity contribution in [1.82, 2.24) is 0 Å². The first-order chi connectivity index (χ1) is 6.42. The summed E-state index contributed by atoms with van der Waals surface area (Å²) >= 11 is 0. The van der Waals surface area contributed by atoms with Gasteiger partial charge in [0.15, 0.2) is 9.84 Å². The molecule has 0 unspecified atom stereocenters. The Bertz CT molecular complexity index is 410. The molecule has 4 heteroatoms. The third-order valence-electron chi connectivity index (χ3n) is 1.63. The summed E-state index contributed by atoms with van der Waals surface area (Å²) in [5.41, 5.74) is 0. The Hall–Kier alpha value is -0.900. The minimum atomic E-state index is -3.36. The molecule has 0 bridgehead atoms. The van der Waals surface area contributed by atoms with Gasteiger partial charge in [-0.15, -0.1) is 0 Å². The highest BCUT2D eigenvalue weighted by Crippen LogP contribution is 2.15. The van der Waals surface area contributed by atoms with E-state index in [4.69, 9.17) is 0 Å². The fraction of sp³-hybridized carbons (Fsp3) is 0.300. The van der Waals surface area contributed by atoms with E-state index < -0.39 is 15.7 Å². The molecule has 77 valence electrons. The summed E-state index contributed by atoms with van der Waals surface area (Å²) in [7, 11) is -3.36. The highest BCUT2D eigenvalue weighted by Gasteiger charge is 2.16. The largest absolute Gasteiger partial charge is 0.224 e. The van der Waals surface area contributed by atoms with Gasteiger partial charge < -0.3 is 0 Å². The van der Waals surface area contributed by atoms with Gasteiger partial charge in [-0.3, -0.25) is 0 Å². The van der Waals surface area contributed by atoms with E-state index in [1.165, 1.54) is 18.2 Å². The van der Waals surface area contributed by atoms with Crippen molar-refractivity contribution in [2.75, 3.05) is 5.75 Å². The fourth-order valence-electron chi connectivity index (χ4n) is 1.12. The molecule has 0 amide bonds. The van der Waals surface area contributed by atoms with Gasteiger partial charge in [-0.1, -0.05) is 19.9 Å². The van der Waals surface area contributed by atoms with Crippen molar-refractivity contribution in [3.05, 3.63) is 36.0 Å². The van der Waals surface area contributed by atoms with Crippen LogP contribution < -0.4 is 0 Å². The van der Waals surface area contributed by atoms with Crippen LogP contribution in [0.15, 0.2) is 29.2 Å². The maximum absolute atomic E-state index is 12.8. The predicted octanol–water partition coefficient (Wildman–Crippen LogP) is 2.21. The summed E-state index contributed by atoms with van der Waals surface area (Å²) in [4.78, 5) is 0.0405. The SMILES string of the molecule is C[C](C)CS(=O)(=O)c1cccc(F)c1. The van der Waals surface area contributed by atoms with Crippen LogP contribution in [0.1, 0.15) is 13.8 Å². The molecular formula is C10H12FO2S. The van der Waals surface area contributed by atoms with E-state index in [0.29, 0.717) is 0 Å². The fourth-order valence-corrected chi connectivity index (χ4v) is 2.63. The standard InChI is InChI=1S/C10H12FO2S/c1-8(2)7-14(12,13)10-5-3-4-9(11)6-10/h3-6H,7H2,1-2H3. The lowest BCUT2D eigenvalue weighted by Gasteiger charge is -2.06. The van der Waals surface area contributed by atoms with Crippen LogP contribution in [-0.4, -0.2) is 14.2 Å². The molecule has 0 atom stereocenters. The maximum Gasteiger partial charge on any atom is 0.179 e. The van der Waals surface area contributed by atoms with Gasteiger partial charge >= 0.3 is 0 Å². The lowest BCUT2D eigenvalue weighted by atomic mass is 10.3. The number of sulfone groups is 1. The second-order valence-corrected chi connectivity index (χ2v) is 5.41. The molecule has 0 aliphatic carbocycles. The van der Waals surface area contributed by atoms with E-state index >= 15 is 0 Å². The minimum Gasteiger partial charge on any atom is -0.224 e. The molecule has 0 saturated carbocycles. The zero-order valence-corrected chi connectivity index (χ0v) is 8.94. The molecule has 0 aliphatic heterocycles. The zero-order valence-electron chi connectivity index (χ0n) is 8.12. The molecule has 0 saturated heterocycles. The van der Waals surface area contributed by atoms with Crippen LogP contribution in [0.3, 0.4) is 0 Å². The minimum absolute atomic E-state index is 0.0313. The number of benzene rings is 1. The van der Waals surface area contributed by atoms with E-state index in [1.54, 1.807) is 13.8 Å². The maximum atomic E-state index is 12.8. The van der Waals surface area contributed by atoms with Gasteiger partial charge in [0, 0.05) is 0 Å². The van der Waals surface area contributed by atoms with Crippen molar-refractivity contribution < 1.29 is 12.8 Å². The second kappa shape index (κ2) is 4.09. The highest BCUT2D eigenvalue weighted by atomic mass is 32.2. The van der Waals surface area contributed by atoms with Gasteiger partial charge in [0.05, 0.1) is 10.6 Å². The summed E-state index contributed by atoms with van der Waals surface area (Å²) in [6.07, 6.45) is 0. The summed E-state index contributed by atoms with van der Waals surface area (Å²) in [6, 6.07) is 5.06. The number of rotatable bonds is 3. The molecule has 2 nitrogen and oxygen atoms in total. The Balaban J connectivity index is 3.05. The highest BCUT2D eigenvalue weighted by molar-refractivity contribution is 7.91. The van der Waals surface area contributed by atoms with Gasteiger partial charge in [0.25, 0.3) is 0 Å². The first kappa shape index (κ1) is 11.2. The molecule has 1 rings (SSSR count). The zero-order chi connectivity index (χ0) is 10.8.